The molecule has 1 aromatic carbocycles. The number of ether oxygens (including phenoxy) is 1. The fourth-order valence-corrected chi connectivity index (χ4v) is 4.28. The summed E-state index contributed by atoms with van der Waals surface area (Å²) in [6.45, 7) is 8.03. The Labute approximate surface area is 151 Å². The van der Waals surface area contributed by atoms with Crippen LogP contribution in [0.2, 0.25) is 0 Å². The first-order valence-corrected chi connectivity index (χ1v) is 9.73. The fraction of sp³-hybridized carbons (Fsp3) is 0.667. The Balaban J connectivity index is 1.65. The van der Waals surface area contributed by atoms with Crippen LogP contribution in [0.1, 0.15) is 65.4 Å². The van der Waals surface area contributed by atoms with E-state index in [4.69, 9.17) is 4.74 Å². The Bertz CT molecular complexity index is 594. The second-order valence-corrected chi connectivity index (χ2v) is 8.49. The molecule has 0 aliphatic carbocycles. The monoisotopic (exact) mass is 344 g/mol. The topological polar surface area (TPSA) is 41.6 Å². The van der Waals surface area contributed by atoms with Crippen molar-refractivity contribution in [3.63, 3.8) is 0 Å². The van der Waals surface area contributed by atoms with Gasteiger partial charge in [-0.3, -0.25) is 0 Å². The maximum atomic E-state index is 12.6. The van der Waals surface area contributed by atoms with Crippen molar-refractivity contribution in [2.45, 2.75) is 89.9 Å². The van der Waals surface area contributed by atoms with E-state index in [2.05, 4.69) is 36.5 Å². The summed E-state index contributed by atoms with van der Waals surface area (Å²) in [4.78, 5) is 14.6. The van der Waals surface area contributed by atoms with E-state index >= 15 is 0 Å². The third-order valence-corrected chi connectivity index (χ3v) is 5.23. The predicted octanol–water partition coefficient (Wildman–Crippen LogP) is 4.98. The van der Waals surface area contributed by atoms with Gasteiger partial charge in [-0.25, -0.2) is 4.79 Å². The number of para-hydroxylation sites is 1. The highest BCUT2D eigenvalue weighted by Crippen LogP contribution is 2.38. The summed E-state index contributed by atoms with van der Waals surface area (Å²) in [5.41, 5.74) is 2.23. The molecule has 1 N–H and O–H groups in total. The molecule has 2 unspecified atom stereocenters. The van der Waals surface area contributed by atoms with Gasteiger partial charge in [0.2, 0.25) is 0 Å². The molecule has 2 saturated heterocycles. The highest BCUT2D eigenvalue weighted by atomic mass is 16.6. The highest BCUT2D eigenvalue weighted by Gasteiger charge is 2.44. The molecule has 0 spiro atoms. The molecule has 2 aliphatic rings. The van der Waals surface area contributed by atoms with Gasteiger partial charge in [0.15, 0.2) is 0 Å². The van der Waals surface area contributed by atoms with Gasteiger partial charge in [0.05, 0.1) is 0 Å². The van der Waals surface area contributed by atoms with Gasteiger partial charge < -0.3 is 15.0 Å². The van der Waals surface area contributed by atoms with Crippen molar-refractivity contribution >= 4 is 11.8 Å². The molecule has 1 aromatic rings. The zero-order valence-electron chi connectivity index (χ0n) is 16.0. The molecule has 2 aliphatic heterocycles. The number of nitrogens with one attached hydrogen (secondary N) is 1. The molecule has 138 valence electrons. The van der Waals surface area contributed by atoms with Gasteiger partial charge in [0, 0.05) is 23.8 Å². The van der Waals surface area contributed by atoms with Gasteiger partial charge in [-0.1, -0.05) is 31.5 Å². The lowest BCUT2D eigenvalue weighted by Gasteiger charge is -2.40. The van der Waals surface area contributed by atoms with Crippen LogP contribution in [0.5, 0.6) is 0 Å². The minimum atomic E-state index is -0.426. The zero-order valence-corrected chi connectivity index (χ0v) is 16.0. The van der Waals surface area contributed by atoms with Crippen molar-refractivity contribution in [3.8, 4) is 0 Å². The number of rotatable bonds is 4. The Morgan fingerprint density at radius 1 is 1.20 bits per heavy atom. The first-order chi connectivity index (χ1) is 11.9. The maximum absolute atomic E-state index is 12.6. The smallest absolute Gasteiger partial charge is 0.410 e. The van der Waals surface area contributed by atoms with Gasteiger partial charge in [-0.05, 0) is 64.5 Å². The van der Waals surface area contributed by atoms with Crippen LogP contribution in [-0.4, -0.2) is 34.7 Å². The van der Waals surface area contributed by atoms with Crippen LogP contribution in [-0.2, 0) is 11.2 Å². The van der Waals surface area contributed by atoms with Crippen LogP contribution in [0.4, 0.5) is 10.5 Å². The molecule has 2 atom stereocenters. The van der Waals surface area contributed by atoms with E-state index in [1.807, 2.05) is 25.7 Å². The zero-order chi connectivity index (χ0) is 18.0. The van der Waals surface area contributed by atoms with Gasteiger partial charge >= 0.3 is 6.09 Å². The number of carbonyl (C=O) groups is 1. The molecule has 0 aromatic heterocycles. The van der Waals surface area contributed by atoms with E-state index in [9.17, 15) is 4.79 Å². The average molecular weight is 344 g/mol. The maximum Gasteiger partial charge on any atom is 0.410 e. The lowest BCUT2D eigenvalue weighted by atomic mass is 9.96. The number of carbonyl (C=O) groups excluding carboxylic acids is 1. The molecule has 0 saturated carbocycles. The molecule has 25 heavy (non-hydrogen) atoms. The first-order valence-electron chi connectivity index (χ1n) is 9.73. The average Bonchev–Trinajstić information content (AvgIpc) is 2.79. The molecule has 2 fully saturated rings. The van der Waals surface area contributed by atoms with Crippen LogP contribution in [0.15, 0.2) is 24.3 Å². The molecular formula is C21H32N2O2. The molecular weight excluding hydrogens is 312 g/mol. The largest absolute Gasteiger partial charge is 0.444 e. The minimum absolute atomic E-state index is 0.134. The number of fused-ring (bicyclic) bond motifs is 2. The SMILES string of the molecule is CCCc1ccccc1NC1CC2CCC(C1)N2C(=O)OC(C)(C)C. The van der Waals surface area contributed by atoms with Gasteiger partial charge in [-0.15, -0.1) is 0 Å². The summed E-state index contributed by atoms with van der Waals surface area (Å²) >= 11 is 0. The second kappa shape index (κ2) is 7.27. The summed E-state index contributed by atoms with van der Waals surface area (Å²) in [5.74, 6) is 0. The van der Waals surface area contributed by atoms with Crippen molar-refractivity contribution in [2.75, 3.05) is 5.32 Å². The lowest BCUT2D eigenvalue weighted by Crippen LogP contribution is -2.51. The molecule has 1 amide bonds. The standard InChI is InChI=1S/C21H32N2O2/c1-5-8-15-9-6-7-10-19(15)22-16-13-17-11-12-18(14-16)23(17)20(24)25-21(2,3)4/h6-7,9-10,16-18,22H,5,8,11-14H2,1-4H3. The molecule has 2 heterocycles. The number of aryl methyl sites for hydroxylation is 1. The van der Waals surface area contributed by atoms with Gasteiger partial charge in [-0.2, -0.15) is 0 Å². The number of piperidine rings is 1. The van der Waals surface area contributed by atoms with Crippen LogP contribution in [0, 0.1) is 0 Å². The highest BCUT2D eigenvalue weighted by molar-refractivity contribution is 5.70. The third kappa shape index (κ3) is 4.28. The van der Waals surface area contributed by atoms with E-state index in [1.54, 1.807) is 0 Å². The van der Waals surface area contributed by atoms with E-state index in [0.717, 1.165) is 38.5 Å². The van der Waals surface area contributed by atoms with Crippen molar-refractivity contribution in [1.29, 1.82) is 0 Å². The summed E-state index contributed by atoms with van der Waals surface area (Å²) in [6.07, 6.45) is 6.34. The predicted molar refractivity (Wildman–Crippen MR) is 102 cm³/mol. The molecule has 0 radical (unpaired) electrons. The number of benzene rings is 1. The Morgan fingerprint density at radius 2 is 1.84 bits per heavy atom. The third-order valence-electron chi connectivity index (χ3n) is 5.23. The number of amides is 1. The summed E-state index contributed by atoms with van der Waals surface area (Å²) < 4.78 is 5.63. The summed E-state index contributed by atoms with van der Waals surface area (Å²) in [7, 11) is 0. The summed E-state index contributed by atoms with van der Waals surface area (Å²) in [5, 5.41) is 3.76. The fourth-order valence-electron chi connectivity index (χ4n) is 4.28. The molecule has 4 nitrogen and oxygen atoms in total. The second-order valence-electron chi connectivity index (χ2n) is 8.49. The van der Waals surface area contributed by atoms with Crippen molar-refractivity contribution in [1.82, 2.24) is 4.90 Å². The van der Waals surface area contributed by atoms with E-state index in [-0.39, 0.29) is 6.09 Å². The number of hydrogen-bond acceptors (Lipinski definition) is 3. The van der Waals surface area contributed by atoms with Crippen LogP contribution >= 0.6 is 0 Å². The number of nitrogens with zero attached hydrogens (tertiary/aromatic N) is 1. The Morgan fingerprint density at radius 3 is 2.44 bits per heavy atom. The van der Waals surface area contributed by atoms with Crippen LogP contribution in [0.25, 0.3) is 0 Å². The number of hydrogen-bond donors (Lipinski definition) is 1. The summed E-state index contributed by atoms with van der Waals surface area (Å²) in [6, 6.07) is 9.68. The van der Waals surface area contributed by atoms with E-state index in [1.165, 1.54) is 11.3 Å². The van der Waals surface area contributed by atoms with Crippen LogP contribution < -0.4 is 5.32 Å². The Kier molecular flexibility index (Phi) is 5.26. The first kappa shape index (κ1) is 18.1. The molecule has 4 heteroatoms. The van der Waals surface area contributed by atoms with E-state index < -0.39 is 5.60 Å². The molecule has 3 rings (SSSR count). The van der Waals surface area contributed by atoms with Crippen molar-refractivity contribution < 1.29 is 9.53 Å². The van der Waals surface area contributed by atoms with Gasteiger partial charge in [0.1, 0.15) is 5.60 Å². The van der Waals surface area contributed by atoms with Crippen LogP contribution in [0.3, 0.4) is 0 Å². The Hall–Kier alpha value is -1.71. The van der Waals surface area contributed by atoms with Gasteiger partial charge in [0.25, 0.3) is 0 Å². The quantitative estimate of drug-likeness (QED) is 0.837. The molecule has 2 bridgehead atoms. The normalized spacial score (nSPS) is 25.8. The van der Waals surface area contributed by atoms with E-state index in [0.29, 0.717) is 18.1 Å². The minimum Gasteiger partial charge on any atom is -0.444 e. The van der Waals surface area contributed by atoms with Crippen molar-refractivity contribution in [3.05, 3.63) is 29.8 Å². The number of anilines is 1. The lowest BCUT2D eigenvalue weighted by molar-refractivity contribution is 0.00683. The van der Waals surface area contributed by atoms with Crippen molar-refractivity contribution in [2.24, 2.45) is 0 Å².